The van der Waals surface area contributed by atoms with E-state index >= 15 is 0 Å². The molecule has 3 nitrogen and oxygen atoms in total. The Balaban J connectivity index is 2.34. The lowest BCUT2D eigenvalue weighted by Gasteiger charge is -1.94. The summed E-state index contributed by atoms with van der Waals surface area (Å²) in [4.78, 5) is 0. The Morgan fingerprint density at radius 3 is 2.57 bits per heavy atom. The molecule has 0 aliphatic carbocycles. The highest BCUT2D eigenvalue weighted by atomic mass is 79.9. The Kier molecular flexibility index (Phi) is 2.65. The van der Waals surface area contributed by atoms with Crippen LogP contribution < -0.4 is 5.73 Å². The number of nitrogens with two attached hydrogens (primary N) is 1. The normalized spacial score (nSPS) is 10.4. The largest absolute Gasteiger partial charge is 0.359 e. The molecule has 1 aromatic heterocycles. The summed E-state index contributed by atoms with van der Waals surface area (Å²) in [6, 6.07) is 9.73. The third-order valence-electron chi connectivity index (χ3n) is 1.90. The first-order chi connectivity index (χ1) is 6.79. The number of aromatic nitrogens is 1. The number of hydrogen-bond acceptors (Lipinski definition) is 3. The zero-order valence-corrected chi connectivity index (χ0v) is 8.99. The van der Waals surface area contributed by atoms with Gasteiger partial charge in [-0.05, 0) is 12.1 Å². The zero-order valence-electron chi connectivity index (χ0n) is 7.40. The molecular formula is C10H9BrN2O. The second kappa shape index (κ2) is 3.94. The lowest BCUT2D eigenvalue weighted by Crippen LogP contribution is -1.92. The third kappa shape index (κ3) is 1.86. The van der Waals surface area contributed by atoms with Crippen LogP contribution in [-0.4, -0.2) is 5.16 Å². The molecule has 0 spiro atoms. The summed E-state index contributed by atoms with van der Waals surface area (Å²) in [5, 5.41) is 3.92. The summed E-state index contributed by atoms with van der Waals surface area (Å²) in [6.45, 7) is 0.379. The second-order valence-corrected chi connectivity index (χ2v) is 3.81. The number of hydrogen-bond donors (Lipinski definition) is 1. The maximum absolute atomic E-state index is 5.42. The summed E-state index contributed by atoms with van der Waals surface area (Å²) < 4.78 is 6.06. The average Bonchev–Trinajstić information content (AvgIpc) is 2.67. The van der Waals surface area contributed by atoms with Crippen molar-refractivity contribution in [1.82, 2.24) is 5.16 Å². The molecule has 0 atom stereocenters. The molecule has 0 saturated carbocycles. The third-order valence-corrected chi connectivity index (χ3v) is 2.43. The van der Waals surface area contributed by atoms with Crippen molar-refractivity contribution in [1.29, 1.82) is 0 Å². The zero-order chi connectivity index (χ0) is 9.97. The highest BCUT2D eigenvalue weighted by molar-refractivity contribution is 9.10. The van der Waals surface area contributed by atoms with Gasteiger partial charge in [0.1, 0.15) is 5.69 Å². The minimum atomic E-state index is 0.379. The van der Waals surface area contributed by atoms with Crippen LogP contribution in [-0.2, 0) is 6.54 Å². The molecule has 0 amide bonds. The van der Waals surface area contributed by atoms with Crippen molar-refractivity contribution in [3.63, 3.8) is 0 Å². The van der Waals surface area contributed by atoms with E-state index in [1.54, 1.807) is 0 Å². The van der Waals surface area contributed by atoms with Crippen molar-refractivity contribution in [3.8, 4) is 11.3 Å². The van der Waals surface area contributed by atoms with Crippen molar-refractivity contribution in [2.45, 2.75) is 6.54 Å². The standard InChI is InChI=1S/C10H9BrN2O/c11-8-3-1-7(2-4-8)10-5-9(6-12)14-13-10/h1-5H,6,12H2. The summed E-state index contributed by atoms with van der Waals surface area (Å²) in [6.07, 6.45) is 0. The summed E-state index contributed by atoms with van der Waals surface area (Å²) >= 11 is 3.37. The summed E-state index contributed by atoms with van der Waals surface area (Å²) in [5.41, 5.74) is 7.27. The fourth-order valence-corrected chi connectivity index (χ4v) is 1.43. The molecule has 72 valence electrons. The molecule has 4 heteroatoms. The van der Waals surface area contributed by atoms with Crippen LogP contribution in [0, 0.1) is 0 Å². The first kappa shape index (κ1) is 9.43. The van der Waals surface area contributed by atoms with Gasteiger partial charge in [0, 0.05) is 16.1 Å². The maximum atomic E-state index is 5.42. The van der Waals surface area contributed by atoms with Gasteiger partial charge in [0.2, 0.25) is 0 Å². The molecule has 2 aromatic rings. The lowest BCUT2D eigenvalue weighted by molar-refractivity contribution is 0.387. The number of halogens is 1. The fraction of sp³-hybridized carbons (Fsp3) is 0.100. The van der Waals surface area contributed by atoms with Crippen LogP contribution in [0.25, 0.3) is 11.3 Å². The van der Waals surface area contributed by atoms with E-state index in [0.29, 0.717) is 12.3 Å². The van der Waals surface area contributed by atoms with E-state index in [1.165, 1.54) is 0 Å². The summed E-state index contributed by atoms with van der Waals surface area (Å²) in [7, 11) is 0. The molecule has 14 heavy (non-hydrogen) atoms. The van der Waals surface area contributed by atoms with Gasteiger partial charge >= 0.3 is 0 Å². The van der Waals surface area contributed by atoms with Gasteiger partial charge in [0.15, 0.2) is 5.76 Å². The van der Waals surface area contributed by atoms with Crippen LogP contribution in [0.15, 0.2) is 39.3 Å². The Bertz CT molecular complexity index is 422. The van der Waals surface area contributed by atoms with Gasteiger partial charge in [-0.3, -0.25) is 0 Å². The van der Waals surface area contributed by atoms with E-state index in [1.807, 2.05) is 30.3 Å². The van der Waals surface area contributed by atoms with E-state index in [4.69, 9.17) is 10.3 Å². The molecule has 0 bridgehead atoms. The second-order valence-electron chi connectivity index (χ2n) is 2.89. The van der Waals surface area contributed by atoms with Gasteiger partial charge in [-0.2, -0.15) is 0 Å². The van der Waals surface area contributed by atoms with Gasteiger partial charge < -0.3 is 10.3 Å². The number of benzene rings is 1. The van der Waals surface area contributed by atoms with E-state index < -0.39 is 0 Å². The topological polar surface area (TPSA) is 52.0 Å². The summed E-state index contributed by atoms with van der Waals surface area (Å²) in [5.74, 6) is 0.697. The van der Waals surface area contributed by atoms with Crippen molar-refractivity contribution in [3.05, 3.63) is 40.6 Å². The van der Waals surface area contributed by atoms with Gasteiger partial charge in [-0.15, -0.1) is 0 Å². The molecule has 0 radical (unpaired) electrons. The van der Waals surface area contributed by atoms with E-state index in [0.717, 1.165) is 15.7 Å². The van der Waals surface area contributed by atoms with Crippen LogP contribution in [0.2, 0.25) is 0 Å². The quantitative estimate of drug-likeness (QED) is 0.894. The maximum Gasteiger partial charge on any atom is 0.150 e. The fourth-order valence-electron chi connectivity index (χ4n) is 1.17. The Morgan fingerprint density at radius 2 is 2.00 bits per heavy atom. The van der Waals surface area contributed by atoms with Gasteiger partial charge in [-0.1, -0.05) is 33.2 Å². The molecule has 0 aliphatic rings. The predicted octanol–water partition coefficient (Wildman–Crippen LogP) is 2.56. The molecule has 2 N–H and O–H groups in total. The van der Waals surface area contributed by atoms with Gasteiger partial charge in [0.05, 0.1) is 6.54 Å². The highest BCUT2D eigenvalue weighted by Crippen LogP contribution is 2.21. The molecule has 2 rings (SSSR count). The Morgan fingerprint density at radius 1 is 1.29 bits per heavy atom. The minimum Gasteiger partial charge on any atom is -0.359 e. The minimum absolute atomic E-state index is 0.379. The first-order valence-electron chi connectivity index (χ1n) is 4.21. The van der Waals surface area contributed by atoms with E-state index in [2.05, 4.69) is 21.1 Å². The highest BCUT2D eigenvalue weighted by Gasteiger charge is 2.04. The van der Waals surface area contributed by atoms with Crippen LogP contribution in [0.3, 0.4) is 0 Å². The number of nitrogens with zero attached hydrogens (tertiary/aromatic N) is 1. The molecule has 0 fully saturated rings. The lowest BCUT2D eigenvalue weighted by atomic mass is 10.1. The molecule has 1 heterocycles. The molecular weight excluding hydrogens is 244 g/mol. The Labute approximate surface area is 90.0 Å². The SMILES string of the molecule is NCc1cc(-c2ccc(Br)cc2)no1. The Hall–Kier alpha value is -1.13. The van der Waals surface area contributed by atoms with Crippen molar-refractivity contribution in [2.24, 2.45) is 5.73 Å². The van der Waals surface area contributed by atoms with Crippen LogP contribution in [0.1, 0.15) is 5.76 Å². The predicted molar refractivity (Wildman–Crippen MR) is 57.5 cm³/mol. The monoisotopic (exact) mass is 252 g/mol. The van der Waals surface area contributed by atoms with Crippen LogP contribution in [0.5, 0.6) is 0 Å². The van der Waals surface area contributed by atoms with Crippen molar-refractivity contribution < 1.29 is 4.52 Å². The molecule has 0 unspecified atom stereocenters. The smallest absolute Gasteiger partial charge is 0.150 e. The van der Waals surface area contributed by atoms with Gasteiger partial charge in [-0.25, -0.2) is 0 Å². The van der Waals surface area contributed by atoms with Crippen molar-refractivity contribution >= 4 is 15.9 Å². The number of rotatable bonds is 2. The van der Waals surface area contributed by atoms with Crippen LogP contribution in [0.4, 0.5) is 0 Å². The molecule has 1 aromatic carbocycles. The average molecular weight is 253 g/mol. The molecule has 0 saturated heterocycles. The van der Waals surface area contributed by atoms with Crippen molar-refractivity contribution in [2.75, 3.05) is 0 Å². The van der Waals surface area contributed by atoms with E-state index in [-0.39, 0.29) is 0 Å². The first-order valence-corrected chi connectivity index (χ1v) is 5.00. The van der Waals surface area contributed by atoms with Gasteiger partial charge in [0.25, 0.3) is 0 Å². The molecule has 0 aliphatic heterocycles. The van der Waals surface area contributed by atoms with E-state index in [9.17, 15) is 0 Å². The van der Waals surface area contributed by atoms with Crippen LogP contribution >= 0.6 is 15.9 Å².